The molecule has 2 rings (SSSR count). The number of aryl methyl sites for hydroxylation is 3. The van der Waals surface area contributed by atoms with Gasteiger partial charge in [0.1, 0.15) is 5.75 Å². The van der Waals surface area contributed by atoms with E-state index in [2.05, 4.69) is 32.0 Å². The lowest BCUT2D eigenvalue weighted by Gasteiger charge is -2.16. The maximum atomic E-state index is 10.5. The number of ether oxygens (including phenoxy) is 1. The van der Waals surface area contributed by atoms with Crippen molar-refractivity contribution in [3.05, 3.63) is 64.2 Å². The van der Waals surface area contributed by atoms with E-state index in [0.717, 1.165) is 16.9 Å². The van der Waals surface area contributed by atoms with Crippen molar-refractivity contribution in [1.82, 2.24) is 0 Å². The van der Waals surface area contributed by atoms with Gasteiger partial charge in [-0.3, -0.25) is 0 Å². The molecule has 1 N–H and O–H groups in total. The van der Waals surface area contributed by atoms with Crippen LogP contribution in [0.25, 0.3) is 0 Å². The second kappa shape index (κ2) is 6.10. The highest BCUT2D eigenvalue weighted by atomic mass is 16.5. The molecule has 0 spiro atoms. The average Bonchev–Trinajstić information content (AvgIpc) is 2.42. The molecule has 0 heterocycles. The fourth-order valence-corrected chi connectivity index (χ4v) is 2.59. The summed E-state index contributed by atoms with van der Waals surface area (Å²) in [6.45, 7) is 6.18. The summed E-state index contributed by atoms with van der Waals surface area (Å²) in [6.07, 6.45) is 0.156. The Morgan fingerprint density at radius 2 is 1.65 bits per heavy atom. The third-order valence-electron chi connectivity index (χ3n) is 3.85. The van der Waals surface area contributed by atoms with Crippen LogP contribution in [0, 0.1) is 20.8 Å². The zero-order chi connectivity index (χ0) is 14.7. The quantitative estimate of drug-likeness (QED) is 0.913. The van der Waals surface area contributed by atoms with Crippen LogP contribution < -0.4 is 4.74 Å². The first-order chi connectivity index (χ1) is 9.52. The number of aliphatic hydroxyl groups is 1. The number of hydrogen-bond donors (Lipinski definition) is 1. The SMILES string of the molecule is COc1ccc(C(O)Cc2c(C)cccc2C)cc1C. The maximum absolute atomic E-state index is 10.5. The Morgan fingerprint density at radius 3 is 2.20 bits per heavy atom. The van der Waals surface area contributed by atoms with E-state index in [0.29, 0.717) is 6.42 Å². The number of hydrogen-bond acceptors (Lipinski definition) is 2. The molecule has 0 aliphatic rings. The Morgan fingerprint density at radius 1 is 1.00 bits per heavy atom. The van der Waals surface area contributed by atoms with Crippen molar-refractivity contribution in [3.63, 3.8) is 0 Å². The number of aliphatic hydroxyl groups excluding tert-OH is 1. The molecule has 0 radical (unpaired) electrons. The molecular weight excluding hydrogens is 248 g/mol. The van der Waals surface area contributed by atoms with Crippen LogP contribution >= 0.6 is 0 Å². The first kappa shape index (κ1) is 14.6. The summed E-state index contributed by atoms with van der Waals surface area (Å²) in [6, 6.07) is 12.1. The minimum atomic E-state index is -0.487. The fraction of sp³-hybridized carbons (Fsp3) is 0.333. The van der Waals surface area contributed by atoms with Gasteiger partial charge in [0.15, 0.2) is 0 Å². The third-order valence-corrected chi connectivity index (χ3v) is 3.85. The molecular formula is C18H22O2. The summed E-state index contributed by atoms with van der Waals surface area (Å²) in [7, 11) is 1.66. The monoisotopic (exact) mass is 270 g/mol. The van der Waals surface area contributed by atoms with Crippen LogP contribution in [0.2, 0.25) is 0 Å². The predicted octanol–water partition coefficient (Wildman–Crippen LogP) is 3.90. The summed E-state index contributed by atoms with van der Waals surface area (Å²) in [5, 5.41) is 10.5. The Hall–Kier alpha value is -1.80. The molecule has 2 aromatic rings. The van der Waals surface area contributed by atoms with E-state index >= 15 is 0 Å². The third kappa shape index (κ3) is 3.02. The van der Waals surface area contributed by atoms with Crippen molar-refractivity contribution in [3.8, 4) is 5.75 Å². The first-order valence-corrected chi connectivity index (χ1v) is 6.90. The van der Waals surface area contributed by atoms with Gasteiger partial charge in [0.2, 0.25) is 0 Å². The highest BCUT2D eigenvalue weighted by Gasteiger charge is 2.13. The van der Waals surface area contributed by atoms with Crippen molar-refractivity contribution < 1.29 is 9.84 Å². The summed E-state index contributed by atoms with van der Waals surface area (Å²) in [4.78, 5) is 0. The van der Waals surface area contributed by atoms with Crippen molar-refractivity contribution >= 4 is 0 Å². The smallest absolute Gasteiger partial charge is 0.121 e. The lowest BCUT2D eigenvalue weighted by Crippen LogP contribution is -2.05. The standard InChI is InChI=1S/C18H22O2/c1-12-6-5-7-13(2)16(12)11-17(19)15-8-9-18(20-4)14(3)10-15/h5-10,17,19H,11H2,1-4H3. The minimum Gasteiger partial charge on any atom is -0.496 e. The molecule has 0 bridgehead atoms. The highest BCUT2D eigenvalue weighted by Crippen LogP contribution is 2.26. The molecule has 0 aliphatic heterocycles. The van der Waals surface area contributed by atoms with Crippen molar-refractivity contribution in [2.24, 2.45) is 0 Å². The molecule has 2 heteroatoms. The zero-order valence-electron chi connectivity index (χ0n) is 12.6. The Kier molecular flexibility index (Phi) is 4.46. The largest absolute Gasteiger partial charge is 0.496 e. The van der Waals surface area contributed by atoms with Crippen LogP contribution in [-0.4, -0.2) is 12.2 Å². The molecule has 20 heavy (non-hydrogen) atoms. The summed E-state index contributed by atoms with van der Waals surface area (Å²) in [5.41, 5.74) is 5.67. The zero-order valence-corrected chi connectivity index (χ0v) is 12.6. The van der Waals surface area contributed by atoms with Crippen LogP contribution in [-0.2, 0) is 6.42 Å². The number of benzene rings is 2. The van der Waals surface area contributed by atoms with Crippen LogP contribution in [0.1, 0.15) is 33.9 Å². The van der Waals surface area contributed by atoms with E-state index in [1.807, 2.05) is 25.1 Å². The topological polar surface area (TPSA) is 29.5 Å². The molecule has 2 aromatic carbocycles. The average molecular weight is 270 g/mol. The summed E-state index contributed by atoms with van der Waals surface area (Å²) in [5.74, 6) is 0.855. The van der Waals surface area contributed by atoms with Gasteiger partial charge >= 0.3 is 0 Å². The van der Waals surface area contributed by atoms with E-state index in [-0.39, 0.29) is 0 Å². The van der Waals surface area contributed by atoms with Gasteiger partial charge in [-0.05, 0) is 60.7 Å². The van der Waals surface area contributed by atoms with Crippen molar-refractivity contribution in [2.45, 2.75) is 33.3 Å². The lowest BCUT2D eigenvalue weighted by molar-refractivity contribution is 0.178. The molecule has 0 aromatic heterocycles. The van der Waals surface area contributed by atoms with E-state index in [1.54, 1.807) is 7.11 Å². The molecule has 0 amide bonds. The molecule has 0 saturated carbocycles. The second-order valence-electron chi connectivity index (χ2n) is 5.32. The van der Waals surface area contributed by atoms with Gasteiger partial charge < -0.3 is 9.84 Å². The lowest BCUT2D eigenvalue weighted by atomic mass is 9.94. The van der Waals surface area contributed by atoms with Gasteiger partial charge in [0, 0.05) is 6.42 Å². The van der Waals surface area contributed by atoms with Gasteiger partial charge in [0.05, 0.1) is 13.2 Å². The molecule has 0 saturated heterocycles. The molecule has 1 unspecified atom stereocenters. The molecule has 106 valence electrons. The van der Waals surface area contributed by atoms with E-state index < -0.39 is 6.10 Å². The van der Waals surface area contributed by atoms with Crippen molar-refractivity contribution in [2.75, 3.05) is 7.11 Å². The van der Waals surface area contributed by atoms with Crippen LogP contribution in [0.15, 0.2) is 36.4 Å². The minimum absolute atomic E-state index is 0.487. The first-order valence-electron chi connectivity index (χ1n) is 6.90. The molecule has 0 fully saturated rings. The van der Waals surface area contributed by atoms with E-state index in [9.17, 15) is 5.11 Å². The number of rotatable bonds is 4. The second-order valence-corrected chi connectivity index (χ2v) is 5.32. The Bertz CT molecular complexity index is 582. The van der Waals surface area contributed by atoms with Crippen LogP contribution in [0.3, 0.4) is 0 Å². The Labute approximate surface area is 121 Å². The van der Waals surface area contributed by atoms with E-state index in [4.69, 9.17) is 4.74 Å². The summed E-state index contributed by atoms with van der Waals surface area (Å²) < 4.78 is 5.25. The highest BCUT2D eigenvalue weighted by molar-refractivity contribution is 5.39. The molecule has 1 atom stereocenters. The van der Waals surface area contributed by atoms with Gasteiger partial charge in [-0.1, -0.05) is 24.3 Å². The molecule has 0 aliphatic carbocycles. The van der Waals surface area contributed by atoms with Gasteiger partial charge in [-0.2, -0.15) is 0 Å². The normalized spacial score (nSPS) is 12.2. The summed E-state index contributed by atoms with van der Waals surface area (Å²) >= 11 is 0. The maximum Gasteiger partial charge on any atom is 0.121 e. The van der Waals surface area contributed by atoms with Crippen LogP contribution in [0.4, 0.5) is 0 Å². The van der Waals surface area contributed by atoms with Gasteiger partial charge in [-0.25, -0.2) is 0 Å². The Balaban J connectivity index is 2.24. The number of methoxy groups -OCH3 is 1. The van der Waals surface area contributed by atoms with Crippen molar-refractivity contribution in [1.29, 1.82) is 0 Å². The fourth-order valence-electron chi connectivity index (χ4n) is 2.59. The predicted molar refractivity (Wildman–Crippen MR) is 82.3 cm³/mol. The van der Waals surface area contributed by atoms with Gasteiger partial charge in [0.25, 0.3) is 0 Å². The van der Waals surface area contributed by atoms with Crippen LogP contribution in [0.5, 0.6) is 5.75 Å². The molecule has 2 nitrogen and oxygen atoms in total. The van der Waals surface area contributed by atoms with E-state index in [1.165, 1.54) is 16.7 Å². The van der Waals surface area contributed by atoms with Gasteiger partial charge in [-0.15, -0.1) is 0 Å².